The Morgan fingerprint density at radius 1 is 1.10 bits per heavy atom. The normalized spacial score (nSPS) is 16.4. The first-order valence-electron chi connectivity index (χ1n) is 9.96. The van der Waals surface area contributed by atoms with Crippen molar-refractivity contribution in [1.82, 2.24) is 10.1 Å². The molecule has 3 aromatic rings. The molecule has 1 atom stereocenters. The number of benzene rings is 2. The third kappa shape index (κ3) is 3.75. The van der Waals surface area contributed by atoms with Crippen molar-refractivity contribution in [2.45, 2.75) is 32.1 Å². The highest BCUT2D eigenvalue weighted by Crippen LogP contribution is 2.35. The highest BCUT2D eigenvalue weighted by Gasteiger charge is 2.35. The fraction of sp³-hybridized carbons (Fsp3) is 0.348. The summed E-state index contributed by atoms with van der Waals surface area (Å²) in [6.45, 7) is 4.81. The molecule has 7 heteroatoms. The third-order valence-electron chi connectivity index (χ3n) is 5.44. The van der Waals surface area contributed by atoms with Crippen LogP contribution in [0.15, 0.2) is 47.0 Å². The van der Waals surface area contributed by atoms with Gasteiger partial charge in [-0.05, 0) is 35.7 Å². The first-order chi connectivity index (χ1) is 14.5. The minimum atomic E-state index is -0.146. The van der Waals surface area contributed by atoms with E-state index < -0.39 is 0 Å². The Kier molecular flexibility index (Phi) is 5.44. The average molecular weight is 407 g/mol. The van der Waals surface area contributed by atoms with Crippen molar-refractivity contribution in [3.05, 3.63) is 53.9 Å². The Balaban J connectivity index is 1.54. The van der Waals surface area contributed by atoms with Crippen LogP contribution >= 0.6 is 0 Å². The highest BCUT2D eigenvalue weighted by atomic mass is 16.5. The van der Waals surface area contributed by atoms with Crippen LogP contribution in [0.1, 0.15) is 43.6 Å². The monoisotopic (exact) mass is 407 g/mol. The maximum absolute atomic E-state index is 12.6. The Morgan fingerprint density at radius 2 is 1.87 bits per heavy atom. The molecule has 2 aromatic carbocycles. The zero-order valence-electron chi connectivity index (χ0n) is 17.6. The molecular formula is C23H25N3O4. The van der Waals surface area contributed by atoms with Gasteiger partial charge in [-0.3, -0.25) is 4.79 Å². The first kappa shape index (κ1) is 19.9. The van der Waals surface area contributed by atoms with Gasteiger partial charge < -0.3 is 18.9 Å². The lowest BCUT2D eigenvalue weighted by Crippen LogP contribution is -2.24. The van der Waals surface area contributed by atoms with Crippen molar-refractivity contribution in [2.24, 2.45) is 0 Å². The molecule has 0 saturated carbocycles. The Morgan fingerprint density at radius 3 is 2.53 bits per heavy atom. The molecule has 0 unspecified atom stereocenters. The average Bonchev–Trinajstić information content (AvgIpc) is 3.40. The van der Waals surface area contributed by atoms with Crippen molar-refractivity contribution >= 4 is 11.6 Å². The van der Waals surface area contributed by atoms with Gasteiger partial charge in [0.1, 0.15) is 11.5 Å². The van der Waals surface area contributed by atoms with Crippen molar-refractivity contribution in [3.63, 3.8) is 0 Å². The van der Waals surface area contributed by atoms with Gasteiger partial charge in [0.05, 0.1) is 25.7 Å². The molecule has 0 N–H and O–H groups in total. The van der Waals surface area contributed by atoms with E-state index in [0.29, 0.717) is 47.7 Å². The molecule has 7 nitrogen and oxygen atoms in total. The molecule has 0 bridgehead atoms. The summed E-state index contributed by atoms with van der Waals surface area (Å²) in [5.41, 5.74) is 2.85. The number of anilines is 1. The Labute approximate surface area is 175 Å². The van der Waals surface area contributed by atoms with E-state index in [9.17, 15) is 4.79 Å². The van der Waals surface area contributed by atoms with Gasteiger partial charge in [0.2, 0.25) is 17.6 Å². The number of nitrogens with zero attached hydrogens (tertiary/aromatic N) is 3. The van der Waals surface area contributed by atoms with E-state index in [-0.39, 0.29) is 11.8 Å². The molecule has 2 heterocycles. The van der Waals surface area contributed by atoms with E-state index in [2.05, 4.69) is 36.1 Å². The number of carbonyl (C=O) groups is 1. The van der Waals surface area contributed by atoms with Crippen molar-refractivity contribution < 1.29 is 18.8 Å². The second-order valence-corrected chi connectivity index (χ2v) is 7.67. The zero-order chi connectivity index (χ0) is 21.3. The number of hydrogen-bond acceptors (Lipinski definition) is 6. The predicted octanol–water partition coefficient (Wildman–Crippen LogP) is 4.40. The first-order valence-corrected chi connectivity index (χ1v) is 9.96. The fourth-order valence-electron chi connectivity index (χ4n) is 3.66. The van der Waals surface area contributed by atoms with Gasteiger partial charge in [-0.2, -0.15) is 4.98 Å². The van der Waals surface area contributed by atoms with Crippen LogP contribution in [-0.4, -0.2) is 36.8 Å². The minimum absolute atomic E-state index is 0.0547. The highest BCUT2D eigenvalue weighted by molar-refractivity contribution is 5.96. The summed E-state index contributed by atoms with van der Waals surface area (Å²) in [7, 11) is 3.18. The third-order valence-corrected chi connectivity index (χ3v) is 5.44. The van der Waals surface area contributed by atoms with Crippen LogP contribution in [0.25, 0.3) is 11.4 Å². The van der Waals surface area contributed by atoms with Gasteiger partial charge >= 0.3 is 0 Å². The maximum Gasteiger partial charge on any atom is 0.232 e. The van der Waals surface area contributed by atoms with Gasteiger partial charge in [0.15, 0.2) is 0 Å². The van der Waals surface area contributed by atoms with E-state index >= 15 is 0 Å². The van der Waals surface area contributed by atoms with Crippen LogP contribution in [0, 0.1) is 0 Å². The smallest absolute Gasteiger partial charge is 0.232 e. The van der Waals surface area contributed by atoms with Crippen LogP contribution in [-0.2, 0) is 4.79 Å². The van der Waals surface area contributed by atoms with Crippen molar-refractivity contribution in [2.75, 3.05) is 25.7 Å². The van der Waals surface area contributed by atoms with Gasteiger partial charge in [0, 0.05) is 24.7 Å². The fourth-order valence-corrected chi connectivity index (χ4v) is 3.66. The van der Waals surface area contributed by atoms with E-state index in [0.717, 1.165) is 5.69 Å². The molecule has 1 amide bonds. The molecule has 0 aliphatic carbocycles. The number of hydrogen-bond donors (Lipinski definition) is 0. The summed E-state index contributed by atoms with van der Waals surface area (Å²) < 4.78 is 16.2. The maximum atomic E-state index is 12.6. The van der Waals surface area contributed by atoms with Crippen LogP contribution in [0.5, 0.6) is 11.5 Å². The molecule has 30 heavy (non-hydrogen) atoms. The predicted molar refractivity (Wildman–Crippen MR) is 113 cm³/mol. The van der Waals surface area contributed by atoms with E-state index in [1.165, 1.54) is 5.56 Å². The topological polar surface area (TPSA) is 77.7 Å². The summed E-state index contributed by atoms with van der Waals surface area (Å²) >= 11 is 0. The molecule has 1 fully saturated rings. The summed E-state index contributed by atoms with van der Waals surface area (Å²) in [5.74, 6) is 2.52. The number of ether oxygens (including phenoxy) is 2. The van der Waals surface area contributed by atoms with Crippen molar-refractivity contribution in [3.8, 4) is 22.9 Å². The molecular weight excluding hydrogens is 382 g/mol. The number of amides is 1. The molecule has 1 aliphatic rings. The number of methoxy groups -OCH3 is 2. The second-order valence-electron chi connectivity index (χ2n) is 7.67. The van der Waals surface area contributed by atoms with Gasteiger partial charge in [-0.25, -0.2) is 0 Å². The second kappa shape index (κ2) is 8.18. The van der Waals surface area contributed by atoms with Crippen molar-refractivity contribution in [1.29, 1.82) is 0 Å². The van der Waals surface area contributed by atoms with E-state index in [4.69, 9.17) is 14.0 Å². The molecule has 1 aliphatic heterocycles. The molecule has 4 rings (SSSR count). The van der Waals surface area contributed by atoms with E-state index in [1.54, 1.807) is 25.2 Å². The van der Waals surface area contributed by atoms with Gasteiger partial charge in [-0.1, -0.05) is 31.1 Å². The lowest BCUT2D eigenvalue weighted by molar-refractivity contribution is -0.117. The summed E-state index contributed by atoms with van der Waals surface area (Å²) in [6.07, 6.45) is 0.341. The zero-order valence-corrected chi connectivity index (χ0v) is 17.6. The van der Waals surface area contributed by atoms with Crippen LogP contribution < -0.4 is 14.4 Å². The van der Waals surface area contributed by atoms with Crippen LogP contribution in [0.3, 0.4) is 0 Å². The summed E-state index contributed by atoms with van der Waals surface area (Å²) in [6, 6.07) is 13.5. The summed E-state index contributed by atoms with van der Waals surface area (Å²) in [4.78, 5) is 19.0. The Hall–Kier alpha value is -3.35. The Bertz CT molecular complexity index is 1040. The molecule has 1 saturated heterocycles. The lowest BCUT2D eigenvalue weighted by Gasteiger charge is -2.17. The standard InChI is InChI=1S/C23H25N3O4/c1-14(2)15-5-7-17(8-6-15)26-13-16(11-21(26)27)23-24-22(25-30-23)19-10-9-18(28-3)12-20(19)29-4/h5-10,12,14,16H,11,13H2,1-4H3/t16-/m1/s1. The molecule has 0 radical (unpaired) electrons. The number of aromatic nitrogens is 2. The SMILES string of the molecule is COc1ccc(-c2noc([C@@H]3CC(=O)N(c4ccc(C(C)C)cc4)C3)n2)c(OC)c1. The van der Waals surface area contributed by atoms with Gasteiger partial charge in [-0.15, -0.1) is 0 Å². The summed E-state index contributed by atoms with van der Waals surface area (Å²) in [5, 5.41) is 4.11. The number of rotatable bonds is 6. The molecule has 0 spiro atoms. The van der Waals surface area contributed by atoms with Crippen LogP contribution in [0.2, 0.25) is 0 Å². The van der Waals surface area contributed by atoms with Gasteiger partial charge in [0.25, 0.3) is 0 Å². The van der Waals surface area contributed by atoms with E-state index in [1.807, 2.05) is 24.3 Å². The largest absolute Gasteiger partial charge is 0.497 e. The van der Waals surface area contributed by atoms with Crippen LogP contribution in [0.4, 0.5) is 5.69 Å². The quantitative estimate of drug-likeness (QED) is 0.603. The number of carbonyl (C=O) groups excluding carboxylic acids is 1. The lowest BCUT2D eigenvalue weighted by atomic mass is 10.0. The molecule has 1 aromatic heterocycles. The minimum Gasteiger partial charge on any atom is -0.497 e. The molecule has 156 valence electrons.